The van der Waals surface area contributed by atoms with Gasteiger partial charge in [-0.3, -0.25) is 4.79 Å². The molecule has 0 aliphatic rings. The maximum Gasteiger partial charge on any atom is 0.416 e. The van der Waals surface area contributed by atoms with Crippen molar-refractivity contribution in [1.29, 1.82) is 0 Å². The summed E-state index contributed by atoms with van der Waals surface area (Å²) >= 11 is 7.22. The maximum atomic E-state index is 13.0. The van der Waals surface area contributed by atoms with Gasteiger partial charge in [-0.25, -0.2) is 0 Å². The number of carbonyl (C=O) groups is 1. The van der Waals surface area contributed by atoms with Gasteiger partial charge >= 0.3 is 6.18 Å². The van der Waals surface area contributed by atoms with E-state index in [1.165, 1.54) is 30.0 Å². The fourth-order valence-corrected chi connectivity index (χ4v) is 3.32. The van der Waals surface area contributed by atoms with Crippen LogP contribution in [0, 0.1) is 0 Å². The molecule has 2 rings (SSSR count). The Kier molecular flexibility index (Phi) is 7.37. The number of benzene rings is 2. The van der Waals surface area contributed by atoms with Crippen LogP contribution in [0.15, 0.2) is 48.5 Å². The standard InChI is InChI=1S/C18H17ClF3NO2S/c19-13-5-3-4-12(8-13)10-26-11-17(25)23-9-16(24)14-6-1-2-7-15(14)18(20,21)22/h1-8,16,24H,9-11H2,(H,23,25). The van der Waals surface area contributed by atoms with Crippen LogP contribution in [0.25, 0.3) is 0 Å². The van der Waals surface area contributed by atoms with Crippen molar-refractivity contribution in [2.24, 2.45) is 0 Å². The zero-order valence-electron chi connectivity index (χ0n) is 13.6. The molecular weight excluding hydrogens is 387 g/mol. The second-order valence-electron chi connectivity index (χ2n) is 5.53. The topological polar surface area (TPSA) is 49.3 Å². The lowest BCUT2D eigenvalue weighted by atomic mass is 10.0. The van der Waals surface area contributed by atoms with E-state index < -0.39 is 17.8 Å². The third-order valence-electron chi connectivity index (χ3n) is 3.51. The first-order valence-corrected chi connectivity index (χ1v) is 9.23. The molecule has 1 atom stereocenters. The highest BCUT2D eigenvalue weighted by atomic mass is 35.5. The van der Waals surface area contributed by atoms with Crippen LogP contribution in [-0.2, 0) is 16.7 Å². The van der Waals surface area contributed by atoms with Gasteiger partial charge in [0.05, 0.1) is 17.4 Å². The number of alkyl halides is 3. The summed E-state index contributed by atoms with van der Waals surface area (Å²) in [5.41, 5.74) is -0.196. The van der Waals surface area contributed by atoms with Gasteiger partial charge in [0.2, 0.25) is 5.91 Å². The predicted molar refractivity (Wildman–Crippen MR) is 97.0 cm³/mol. The third kappa shape index (κ3) is 6.23. The van der Waals surface area contributed by atoms with Crippen LogP contribution >= 0.6 is 23.4 Å². The van der Waals surface area contributed by atoms with E-state index in [1.807, 2.05) is 12.1 Å². The number of hydrogen-bond acceptors (Lipinski definition) is 3. The first-order chi connectivity index (χ1) is 12.3. The number of thioether (sulfide) groups is 1. The number of carbonyl (C=O) groups excluding carboxylic acids is 1. The van der Waals surface area contributed by atoms with E-state index in [2.05, 4.69) is 5.32 Å². The van der Waals surface area contributed by atoms with Gasteiger partial charge in [0.1, 0.15) is 0 Å². The molecule has 0 radical (unpaired) electrons. The number of rotatable bonds is 7. The van der Waals surface area contributed by atoms with Gasteiger partial charge in [-0.1, -0.05) is 41.9 Å². The average molecular weight is 404 g/mol. The fourth-order valence-electron chi connectivity index (χ4n) is 2.31. The summed E-state index contributed by atoms with van der Waals surface area (Å²) in [5.74, 6) is 0.341. The Labute approximate surface area is 158 Å². The van der Waals surface area contributed by atoms with Gasteiger partial charge in [0.15, 0.2) is 0 Å². The SMILES string of the molecule is O=C(CSCc1cccc(Cl)c1)NCC(O)c1ccccc1C(F)(F)F. The summed E-state index contributed by atoms with van der Waals surface area (Å²) in [6.07, 6.45) is -6.00. The van der Waals surface area contributed by atoms with Crippen LogP contribution in [0.1, 0.15) is 22.8 Å². The molecule has 0 fully saturated rings. The molecule has 0 spiro atoms. The van der Waals surface area contributed by atoms with Crippen molar-refractivity contribution < 1.29 is 23.1 Å². The summed E-state index contributed by atoms with van der Waals surface area (Å²) in [4.78, 5) is 11.8. The Morgan fingerprint density at radius 1 is 1.19 bits per heavy atom. The van der Waals surface area contributed by atoms with Crippen molar-refractivity contribution in [2.75, 3.05) is 12.3 Å². The quantitative estimate of drug-likeness (QED) is 0.718. The van der Waals surface area contributed by atoms with E-state index in [-0.39, 0.29) is 23.8 Å². The molecule has 26 heavy (non-hydrogen) atoms. The summed E-state index contributed by atoms with van der Waals surface area (Å²) < 4.78 is 38.9. The Morgan fingerprint density at radius 2 is 1.92 bits per heavy atom. The van der Waals surface area contributed by atoms with E-state index in [9.17, 15) is 23.1 Å². The summed E-state index contributed by atoms with van der Waals surface area (Å²) in [6, 6.07) is 12.0. The maximum absolute atomic E-state index is 13.0. The molecule has 1 amide bonds. The normalized spacial score (nSPS) is 12.7. The number of amides is 1. The third-order valence-corrected chi connectivity index (χ3v) is 4.75. The monoisotopic (exact) mass is 403 g/mol. The molecule has 3 nitrogen and oxygen atoms in total. The number of nitrogens with one attached hydrogen (secondary N) is 1. The second kappa shape index (κ2) is 9.30. The lowest BCUT2D eigenvalue weighted by Gasteiger charge is -2.17. The predicted octanol–water partition coefficient (Wildman–Crippen LogP) is 4.44. The highest BCUT2D eigenvalue weighted by Crippen LogP contribution is 2.34. The number of halogens is 4. The first-order valence-electron chi connectivity index (χ1n) is 7.70. The molecule has 1 unspecified atom stereocenters. The van der Waals surface area contributed by atoms with E-state index in [4.69, 9.17) is 11.6 Å². The Bertz CT molecular complexity index is 755. The van der Waals surface area contributed by atoms with Gasteiger partial charge < -0.3 is 10.4 Å². The van der Waals surface area contributed by atoms with Gasteiger partial charge in [0, 0.05) is 17.3 Å². The molecule has 0 bridgehead atoms. The Morgan fingerprint density at radius 3 is 2.62 bits per heavy atom. The summed E-state index contributed by atoms with van der Waals surface area (Å²) in [6.45, 7) is -0.288. The number of aliphatic hydroxyl groups excluding tert-OH is 1. The van der Waals surface area contributed by atoms with E-state index >= 15 is 0 Å². The number of aliphatic hydroxyl groups is 1. The minimum absolute atomic E-state index is 0.125. The zero-order chi connectivity index (χ0) is 19.2. The van der Waals surface area contributed by atoms with E-state index in [0.717, 1.165) is 11.6 Å². The molecule has 0 heterocycles. The van der Waals surface area contributed by atoms with Crippen LogP contribution in [-0.4, -0.2) is 23.3 Å². The van der Waals surface area contributed by atoms with Crippen molar-refractivity contribution in [3.63, 3.8) is 0 Å². The van der Waals surface area contributed by atoms with E-state index in [0.29, 0.717) is 10.8 Å². The molecule has 8 heteroatoms. The highest BCUT2D eigenvalue weighted by molar-refractivity contribution is 7.99. The minimum atomic E-state index is -4.56. The van der Waals surface area contributed by atoms with Crippen LogP contribution in [0.2, 0.25) is 5.02 Å². The molecular formula is C18H17ClF3NO2S. The fraction of sp³-hybridized carbons (Fsp3) is 0.278. The van der Waals surface area contributed by atoms with Crippen molar-refractivity contribution in [2.45, 2.75) is 18.0 Å². The lowest BCUT2D eigenvalue weighted by Crippen LogP contribution is -2.30. The van der Waals surface area contributed by atoms with Crippen LogP contribution < -0.4 is 5.32 Å². The van der Waals surface area contributed by atoms with Crippen molar-refractivity contribution in [1.82, 2.24) is 5.32 Å². The molecule has 0 saturated carbocycles. The molecule has 2 N–H and O–H groups in total. The summed E-state index contributed by atoms with van der Waals surface area (Å²) in [7, 11) is 0. The molecule has 0 aliphatic carbocycles. The zero-order valence-corrected chi connectivity index (χ0v) is 15.2. The van der Waals surface area contributed by atoms with Crippen molar-refractivity contribution >= 4 is 29.3 Å². The molecule has 2 aromatic carbocycles. The van der Waals surface area contributed by atoms with Crippen LogP contribution in [0.3, 0.4) is 0 Å². The number of hydrogen-bond donors (Lipinski definition) is 2. The Hall–Kier alpha value is -1.70. The summed E-state index contributed by atoms with van der Waals surface area (Å²) in [5, 5.41) is 13.1. The second-order valence-corrected chi connectivity index (χ2v) is 6.95. The average Bonchev–Trinajstić information content (AvgIpc) is 2.59. The van der Waals surface area contributed by atoms with Crippen LogP contribution in [0.4, 0.5) is 13.2 Å². The largest absolute Gasteiger partial charge is 0.416 e. The van der Waals surface area contributed by atoms with Gasteiger partial charge in [-0.05, 0) is 29.3 Å². The Balaban J connectivity index is 1.82. The van der Waals surface area contributed by atoms with E-state index in [1.54, 1.807) is 12.1 Å². The van der Waals surface area contributed by atoms with Gasteiger partial charge in [0.25, 0.3) is 0 Å². The van der Waals surface area contributed by atoms with Gasteiger partial charge in [-0.15, -0.1) is 11.8 Å². The van der Waals surface area contributed by atoms with Crippen LogP contribution in [0.5, 0.6) is 0 Å². The molecule has 0 saturated heterocycles. The molecule has 0 aromatic heterocycles. The molecule has 140 valence electrons. The van der Waals surface area contributed by atoms with Gasteiger partial charge in [-0.2, -0.15) is 13.2 Å². The van der Waals surface area contributed by atoms with Crippen molar-refractivity contribution in [3.8, 4) is 0 Å². The lowest BCUT2D eigenvalue weighted by molar-refractivity contribution is -0.139. The molecule has 2 aromatic rings. The van der Waals surface area contributed by atoms with Crippen molar-refractivity contribution in [3.05, 3.63) is 70.2 Å². The highest BCUT2D eigenvalue weighted by Gasteiger charge is 2.34. The molecule has 0 aliphatic heterocycles. The first kappa shape index (κ1) is 20.6. The minimum Gasteiger partial charge on any atom is -0.387 e. The smallest absolute Gasteiger partial charge is 0.387 e.